The lowest BCUT2D eigenvalue weighted by atomic mass is 10.2. The standard InChI is InChI=1S/C18H20N6O4/c1-12-21-24(13-6-3-2-4-7-13)18(26)23(12)11-16(25)19-10-15-20-17(28-22-15)14-8-5-9-27-14/h2-4,6-7,14H,5,8-11H2,1H3,(H,19,25)/t14-/m1/s1. The van der Waals surface area contributed by atoms with Crippen molar-refractivity contribution in [1.82, 2.24) is 29.8 Å². The van der Waals surface area contributed by atoms with Crippen LogP contribution in [0.4, 0.5) is 0 Å². The summed E-state index contributed by atoms with van der Waals surface area (Å²) in [5.74, 6) is 0.895. The van der Waals surface area contributed by atoms with Gasteiger partial charge in [0.2, 0.25) is 5.91 Å². The Morgan fingerprint density at radius 2 is 2.14 bits per heavy atom. The number of aryl methyl sites for hydroxylation is 1. The van der Waals surface area contributed by atoms with E-state index < -0.39 is 0 Å². The Kier molecular flexibility index (Phi) is 5.02. The highest BCUT2D eigenvalue weighted by Gasteiger charge is 2.24. The van der Waals surface area contributed by atoms with Crippen LogP contribution in [0.1, 0.15) is 36.5 Å². The number of para-hydroxylation sites is 1. The van der Waals surface area contributed by atoms with Crippen molar-refractivity contribution in [2.75, 3.05) is 6.61 Å². The Labute approximate surface area is 160 Å². The van der Waals surface area contributed by atoms with Gasteiger partial charge in [0.1, 0.15) is 18.5 Å². The maximum atomic E-state index is 12.6. The van der Waals surface area contributed by atoms with E-state index >= 15 is 0 Å². The summed E-state index contributed by atoms with van der Waals surface area (Å²) in [6.45, 7) is 2.33. The third-order valence-electron chi connectivity index (χ3n) is 4.48. The van der Waals surface area contributed by atoms with Gasteiger partial charge in [-0.3, -0.25) is 9.36 Å². The van der Waals surface area contributed by atoms with Crippen molar-refractivity contribution in [2.45, 2.75) is 39.0 Å². The minimum Gasteiger partial charge on any atom is -0.368 e. The van der Waals surface area contributed by atoms with Gasteiger partial charge in [0, 0.05) is 6.61 Å². The van der Waals surface area contributed by atoms with Gasteiger partial charge < -0.3 is 14.6 Å². The van der Waals surface area contributed by atoms with Gasteiger partial charge in [-0.2, -0.15) is 14.8 Å². The first-order chi connectivity index (χ1) is 13.6. The Morgan fingerprint density at radius 1 is 1.32 bits per heavy atom. The van der Waals surface area contributed by atoms with Gasteiger partial charge in [0.15, 0.2) is 5.82 Å². The zero-order valence-corrected chi connectivity index (χ0v) is 15.4. The number of benzene rings is 1. The van der Waals surface area contributed by atoms with E-state index in [9.17, 15) is 9.59 Å². The normalized spacial score (nSPS) is 16.4. The Balaban J connectivity index is 1.39. The molecule has 0 saturated carbocycles. The molecule has 0 spiro atoms. The Hall–Kier alpha value is -3.27. The summed E-state index contributed by atoms with van der Waals surface area (Å²) < 4.78 is 13.3. The summed E-state index contributed by atoms with van der Waals surface area (Å²) >= 11 is 0. The minimum absolute atomic E-state index is 0.107. The summed E-state index contributed by atoms with van der Waals surface area (Å²) in [7, 11) is 0. The van der Waals surface area contributed by atoms with Gasteiger partial charge in [-0.25, -0.2) is 4.79 Å². The lowest BCUT2D eigenvalue weighted by Crippen LogP contribution is -2.33. The second-order valence-electron chi connectivity index (χ2n) is 6.49. The van der Waals surface area contributed by atoms with Gasteiger partial charge in [0.05, 0.1) is 12.2 Å². The van der Waals surface area contributed by atoms with Crippen LogP contribution in [-0.2, 0) is 22.6 Å². The van der Waals surface area contributed by atoms with Crippen molar-refractivity contribution >= 4 is 5.91 Å². The number of nitrogens with one attached hydrogen (secondary N) is 1. The van der Waals surface area contributed by atoms with Gasteiger partial charge >= 0.3 is 5.69 Å². The molecule has 3 aromatic rings. The van der Waals surface area contributed by atoms with Crippen molar-refractivity contribution < 1.29 is 14.1 Å². The molecule has 1 aromatic carbocycles. The number of aromatic nitrogens is 5. The number of amides is 1. The van der Waals surface area contributed by atoms with E-state index in [-0.39, 0.29) is 30.8 Å². The first-order valence-corrected chi connectivity index (χ1v) is 9.04. The molecule has 4 rings (SSSR count). The van der Waals surface area contributed by atoms with E-state index in [1.165, 1.54) is 9.25 Å². The maximum absolute atomic E-state index is 12.6. The van der Waals surface area contributed by atoms with Crippen LogP contribution < -0.4 is 11.0 Å². The largest absolute Gasteiger partial charge is 0.368 e. The zero-order chi connectivity index (χ0) is 19.5. The molecule has 1 aliphatic heterocycles. The van der Waals surface area contributed by atoms with Crippen LogP contribution in [0, 0.1) is 6.92 Å². The highest BCUT2D eigenvalue weighted by Crippen LogP contribution is 2.26. The number of nitrogens with zero attached hydrogens (tertiary/aromatic N) is 5. The van der Waals surface area contributed by atoms with Crippen LogP contribution in [0.5, 0.6) is 0 Å². The summed E-state index contributed by atoms with van der Waals surface area (Å²) in [6.07, 6.45) is 1.65. The third-order valence-corrected chi connectivity index (χ3v) is 4.48. The van der Waals surface area contributed by atoms with E-state index in [4.69, 9.17) is 9.26 Å². The van der Waals surface area contributed by atoms with Crippen LogP contribution >= 0.6 is 0 Å². The average Bonchev–Trinajstić information content (AvgIpc) is 3.44. The zero-order valence-electron chi connectivity index (χ0n) is 15.4. The molecular formula is C18H20N6O4. The smallest absolute Gasteiger partial charge is 0.351 e. The van der Waals surface area contributed by atoms with E-state index in [2.05, 4.69) is 20.6 Å². The fourth-order valence-electron chi connectivity index (χ4n) is 3.03. The summed E-state index contributed by atoms with van der Waals surface area (Å²) in [5.41, 5.74) is 0.266. The number of rotatable bonds is 6. The molecule has 1 aliphatic rings. The molecule has 1 saturated heterocycles. The van der Waals surface area contributed by atoms with E-state index in [1.54, 1.807) is 19.1 Å². The molecular weight excluding hydrogens is 364 g/mol. The Morgan fingerprint density at radius 3 is 2.89 bits per heavy atom. The lowest BCUT2D eigenvalue weighted by molar-refractivity contribution is -0.121. The molecule has 28 heavy (non-hydrogen) atoms. The fraction of sp³-hybridized carbons (Fsp3) is 0.389. The molecule has 2 aromatic heterocycles. The van der Waals surface area contributed by atoms with Crippen LogP contribution in [0.25, 0.3) is 5.69 Å². The third kappa shape index (κ3) is 3.72. The monoisotopic (exact) mass is 384 g/mol. The van der Waals surface area contributed by atoms with Crippen molar-refractivity contribution in [3.8, 4) is 5.69 Å². The molecule has 146 valence electrons. The first kappa shape index (κ1) is 18.1. The van der Waals surface area contributed by atoms with Gasteiger partial charge in [-0.15, -0.1) is 0 Å². The van der Waals surface area contributed by atoms with E-state index in [0.717, 1.165) is 12.8 Å². The second kappa shape index (κ2) is 7.77. The molecule has 10 heteroatoms. The predicted molar refractivity (Wildman–Crippen MR) is 96.6 cm³/mol. The second-order valence-corrected chi connectivity index (χ2v) is 6.49. The highest BCUT2D eigenvalue weighted by atomic mass is 16.5. The number of carbonyl (C=O) groups is 1. The molecule has 10 nitrogen and oxygen atoms in total. The average molecular weight is 384 g/mol. The number of hydrogen-bond acceptors (Lipinski definition) is 7. The molecule has 1 N–H and O–H groups in total. The summed E-state index contributed by atoms with van der Waals surface area (Å²) in [6, 6.07) is 9.05. The van der Waals surface area contributed by atoms with E-state index in [1.807, 2.05) is 18.2 Å². The van der Waals surface area contributed by atoms with Gasteiger partial charge in [-0.05, 0) is 31.9 Å². The first-order valence-electron chi connectivity index (χ1n) is 9.04. The van der Waals surface area contributed by atoms with Crippen molar-refractivity contribution in [3.05, 3.63) is 58.4 Å². The highest BCUT2D eigenvalue weighted by molar-refractivity contribution is 5.75. The van der Waals surface area contributed by atoms with E-state index in [0.29, 0.717) is 29.8 Å². The quantitative estimate of drug-likeness (QED) is 0.671. The van der Waals surface area contributed by atoms with Crippen LogP contribution in [-0.4, -0.2) is 37.0 Å². The van der Waals surface area contributed by atoms with Crippen molar-refractivity contribution in [2.24, 2.45) is 0 Å². The SMILES string of the molecule is Cc1nn(-c2ccccc2)c(=O)n1CC(=O)NCc1noc([C@H]2CCCO2)n1. The van der Waals surface area contributed by atoms with Gasteiger partial charge in [0.25, 0.3) is 5.89 Å². The molecule has 1 amide bonds. The molecule has 0 bridgehead atoms. The summed E-state index contributed by atoms with van der Waals surface area (Å²) in [4.78, 5) is 29.1. The molecule has 1 atom stereocenters. The fourth-order valence-corrected chi connectivity index (χ4v) is 3.03. The molecule has 0 aliphatic carbocycles. The van der Waals surface area contributed by atoms with Crippen molar-refractivity contribution in [3.63, 3.8) is 0 Å². The predicted octanol–water partition coefficient (Wildman–Crippen LogP) is 0.893. The van der Waals surface area contributed by atoms with Gasteiger partial charge in [-0.1, -0.05) is 23.4 Å². The van der Waals surface area contributed by atoms with Crippen molar-refractivity contribution in [1.29, 1.82) is 0 Å². The van der Waals surface area contributed by atoms with Crippen LogP contribution in [0.2, 0.25) is 0 Å². The minimum atomic E-state index is -0.376. The maximum Gasteiger partial charge on any atom is 0.351 e. The molecule has 0 radical (unpaired) electrons. The topological polar surface area (TPSA) is 117 Å². The Bertz CT molecular complexity index is 1020. The van der Waals surface area contributed by atoms with Crippen LogP contribution in [0.3, 0.4) is 0 Å². The molecule has 0 unspecified atom stereocenters. The number of hydrogen-bond donors (Lipinski definition) is 1. The molecule has 1 fully saturated rings. The lowest BCUT2D eigenvalue weighted by Gasteiger charge is -2.04. The van der Waals surface area contributed by atoms with Crippen LogP contribution in [0.15, 0.2) is 39.6 Å². The molecule has 3 heterocycles. The number of carbonyl (C=O) groups excluding carboxylic acids is 1. The summed E-state index contributed by atoms with van der Waals surface area (Å²) in [5, 5.41) is 10.8. The number of ether oxygens (including phenoxy) is 1.